The van der Waals surface area contributed by atoms with Gasteiger partial charge >= 0.3 is 0 Å². The van der Waals surface area contributed by atoms with Gasteiger partial charge in [0.15, 0.2) is 0 Å². The summed E-state index contributed by atoms with van der Waals surface area (Å²) in [6.45, 7) is 1.83. The largest absolute Gasteiger partial charge is 0.282 e. The van der Waals surface area contributed by atoms with Gasteiger partial charge < -0.3 is 0 Å². The minimum Gasteiger partial charge on any atom is -0.207 e. The maximum Gasteiger partial charge on any atom is 0.282 e. The summed E-state index contributed by atoms with van der Waals surface area (Å²) in [6.07, 6.45) is 0.865. The third-order valence-corrected chi connectivity index (χ3v) is 3.86. The molecule has 3 nitrogen and oxygen atoms in total. The quantitative estimate of drug-likeness (QED) is 0.817. The van der Waals surface area contributed by atoms with Gasteiger partial charge in [0.25, 0.3) is 10.0 Å². The molecule has 0 radical (unpaired) electrons. The Labute approximate surface area is 115 Å². The number of hydrogen-bond donors (Lipinski definition) is 0. The first-order chi connectivity index (χ1) is 9.38. The predicted octanol–water partition coefficient (Wildman–Crippen LogP) is 3.08. The molecule has 0 bridgehead atoms. The monoisotopic (exact) mass is 295 g/mol. The van der Waals surface area contributed by atoms with Crippen LogP contribution < -0.4 is 0 Å². The lowest BCUT2D eigenvalue weighted by molar-refractivity contribution is 0.582. The number of hydrogen-bond acceptors (Lipinski definition) is 2. The zero-order chi connectivity index (χ0) is 14.8. The highest BCUT2D eigenvalue weighted by atomic mass is 32.2. The minimum atomic E-state index is -3.89. The van der Waals surface area contributed by atoms with Gasteiger partial charge in [-0.1, -0.05) is 17.7 Å². The van der Waals surface area contributed by atoms with E-state index >= 15 is 0 Å². The Bertz CT molecular complexity index is 753. The Balaban J connectivity index is 2.32. The van der Waals surface area contributed by atoms with E-state index in [0.29, 0.717) is 6.07 Å². The number of aryl methyl sites for hydroxylation is 1. The maximum absolute atomic E-state index is 13.4. The zero-order valence-corrected chi connectivity index (χ0v) is 11.4. The minimum absolute atomic E-state index is 0.0156. The average molecular weight is 295 g/mol. The van der Waals surface area contributed by atoms with E-state index in [2.05, 4.69) is 4.40 Å². The Morgan fingerprint density at radius 1 is 1.05 bits per heavy atom. The highest BCUT2D eigenvalue weighted by Gasteiger charge is 2.11. The van der Waals surface area contributed by atoms with E-state index in [0.717, 1.165) is 23.9 Å². The molecule has 104 valence electrons. The molecule has 0 aliphatic heterocycles. The van der Waals surface area contributed by atoms with Crippen LogP contribution in [0.4, 0.5) is 8.78 Å². The molecule has 0 heterocycles. The predicted molar refractivity (Wildman–Crippen MR) is 72.3 cm³/mol. The molecule has 6 heteroatoms. The summed E-state index contributed by atoms with van der Waals surface area (Å²) in [6, 6.07) is 8.94. The second kappa shape index (κ2) is 5.50. The molecule has 0 amide bonds. The number of sulfonamides is 1. The lowest BCUT2D eigenvalue weighted by Crippen LogP contribution is -1.99. The van der Waals surface area contributed by atoms with E-state index in [9.17, 15) is 17.2 Å². The fraction of sp³-hybridized carbons (Fsp3) is 0.0714. The first-order valence-electron chi connectivity index (χ1n) is 5.70. The standard InChI is InChI=1S/C14H11F2NO2S/c1-10-2-6-13(7-3-10)20(18,19)17-9-11-4-5-12(15)8-14(11)16/h2-9H,1H3/b17-9+. The Morgan fingerprint density at radius 3 is 2.30 bits per heavy atom. The van der Waals surface area contributed by atoms with Crippen molar-refractivity contribution in [2.75, 3.05) is 0 Å². The van der Waals surface area contributed by atoms with Crippen molar-refractivity contribution in [1.29, 1.82) is 0 Å². The fourth-order valence-corrected chi connectivity index (χ4v) is 2.36. The molecule has 20 heavy (non-hydrogen) atoms. The van der Waals surface area contributed by atoms with Crippen LogP contribution in [0, 0.1) is 18.6 Å². The average Bonchev–Trinajstić information content (AvgIpc) is 2.38. The number of benzene rings is 2. The van der Waals surface area contributed by atoms with Crippen molar-refractivity contribution in [2.24, 2.45) is 4.40 Å². The summed E-state index contributed by atoms with van der Waals surface area (Å²) < 4.78 is 53.3. The summed E-state index contributed by atoms with van der Waals surface area (Å²) in [7, 11) is -3.89. The van der Waals surface area contributed by atoms with Gasteiger partial charge in [0, 0.05) is 11.6 Å². The normalized spacial score (nSPS) is 11.9. The Morgan fingerprint density at radius 2 is 1.70 bits per heavy atom. The molecule has 2 aromatic carbocycles. The second-order valence-corrected chi connectivity index (χ2v) is 5.82. The summed E-state index contributed by atoms with van der Waals surface area (Å²) in [5.41, 5.74) is 0.819. The molecule has 0 atom stereocenters. The molecule has 2 rings (SSSR count). The number of nitrogens with zero attached hydrogens (tertiary/aromatic N) is 1. The lowest BCUT2D eigenvalue weighted by atomic mass is 10.2. The Kier molecular flexibility index (Phi) is 3.94. The van der Waals surface area contributed by atoms with Crippen LogP contribution >= 0.6 is 0 Å². The molecule has 0 N–H and O–H groups in total. The molecule has 0 fully saturated rings. The van der Waals surface area contributed by atoms with Crippen molar-refractivity contribution in [2.45, 2.75) is 11.8 Å². The van der Waals surface area contributed by atoms with Crippen molar-refractivity contribution < 1.29 is 17.2 Å². The lowest BCUT2D eigenvalue weighted by Gasteiger charge is -2.00. The van der Waals surface area contributed by atoms with Crippen LogP contribution in [-0.4, -0.2) is 14.6 Å². The van der Waals surface area contributed by atoms with Gasteiger partial charge in [0.05, 0.1) is 11.1 Å². The molecule has 2 aromatic rings. The first-order valence-corrected chi connectivity index (χ1v) is 7.14. The second-order valence-electron chi connectivity index (χ2n) is 4.19. The van der Waals surface area contributed by atoms with Gasteiger partial charge in [-0.2, -0.15) is 12.8 Å². The van der Waals surface area contributed by atoms with Gasteiger partial charge in [-0.25, -0.2) is 8.78 Å². The molecule has 0 aromatic heterocycles. The van der Waals surface area contributed by atoms with E-state index in [4.69, 9.17) is 0 Å². The van der Waals surface area contributed by atoms with Crippen molar-refractivity contribution in [3.63, 3.8) is 0 Å². The molecule has 0 unspecified atom stereocenters. The molecule has 0 spiro atoms. The zero-order valence-electron chi connectivity index (χ0n) is 10.5. The highest BCUT2D eigenvalue weighted by molar-refractivity contribution is 7.90. The highest BCUT2D eigenvalue weighted by Crippen LogP contribution is 2.14. The third kappa shape index (κ3) is 3.27. The van der Waals surface area contributed by atoms with Gasteiger partial charge in [0.2, 0.25) is 0 Å². The van der Waals surface area contributed by atoms with Crippen LogP contribution in [0.3, 0.4) is 0 Å². The van der Waals surface area contributed by atoms with E-state index in [1.807, 2.05) is 6.92 Å². The van der Waals surface area contributed by atoms with Crippen LogP contribution in [0.15, 0.2) is 51.8 Å². The van der Waals surface area contributed by atoms with Crippen LogP contribution in [-0.2, 0) is 10.0 Å². The number of halogens is 2. The van der Waals surface area contributed by atoms with Crippen LogP contribution in [0.2, 0.25) is 0 Å². The fourth-order valence-electron chi connectivity index (χ4n) is 1.50. The topological polar surface area (TPSA) is 46.5 Å². The van der Waals surface area contributed by atoms with E-state index < -0.39 is 21.7 Å². The molecular weight excluding hydrogens is 284 g/mol. The first kappa shape index (κ1) is 14.3. The summed E-state index contributed by atoms with van der Waals surface area (Å²) in [5, 5.41) is 0. The third-order valence-electron chi connectivity index (χ3n) is 2.61. The summed E-state index contributed by atoms with van der Waals surface area (Å²) in [5.74, 6) is -1.60. The smallest absolute Gasteiger partial charge is 0.207 e. The van der Waals surface area contributed by atoms with Gasteiger partial charge in [-0.3, -0.25) is 0 Å². The van der Waals surface area contributed by atoms with Crippen molar-refractivity contribution >= 4 is 16.2 Å². The summed E-state index contributed by atoms with van der Waals surface area (Å²) in [4.78, 5) is 0.0156. The van der Waals surface area contributed by atoms with E-state index in [1.54, 1.807) is 12.1 Å². The van der Waals surface area contributed by atoms with Crippen LogP contribution in [0.5, 0.6) is 0 Å². The molecule has 0 aliphatic rings. The molecule has 0 saturated heterocycles. The van der Waals surface area contributed by atoms with Gasteiger partial charge in [-0.15, -0.1) is 0 Å². The number of rotatable bonds is 3. The molecular formula is C14H11F2NO2S. The summed E-state index contributed by atoms with van der Waals surface area (Å²) >= 11 is 0. The maximum atomic E-state index is 13.4. The van der Waals surface area contributed by atoms with Gasteiger partial charge in [-0.05, 0) is 31.2 Å². The van der Waals surface area contributed by atoms with E-state index in [1.165, 1.54) is 12.1 Å². The SMILES string of the molecule is Cc1ccc(S(=O)(=O)/N=C/c2ccc(F)cc2F)cc1. The molecule has 0 aliphatic carbocycles. The van der Waals surface area contributed by atoms with Crippen LogP contribution in [0.25, 0.3) is 0 Å². The molecule has 0 saturated carbocycles. The van der Waals surface area contributed by atoms with Crippen molar-refractivity contribution in [3.8, 4) is 0 Å². The van der Waals surface area contributed by atoms with Crippen molar-refractivity contribution in [1.82, 2.24) is 0 Å². The van der Waals surface area contributed by atoms with Crippen molar-refractivity contribution in [3.05, 3.63) is 65.2 Å². The van der Waals surface area contributed by atoms with Crippen LogP contribution in [0.1, 0.15) is 11.1 Å². The Hall–Kier alpha value is -2.08. The van der Waals surface area contributed by atoms with E-state index in [-0.39, 0.29) is 10.5 Å². The van der Waals surface area contributed by atoms with Gasteiger partial charge in [0.1, 0.15) is 11.6 Å².